The highest BCUT2D eigenvalue weighted by molar-refractivity contribution is 6.76. The van der Waals surface area contributed by atoms with Gasteiger partial charge < -0.3 is 14.2 Å². The fraction of sp³-hybridized carbons (Fsp3) is 0.800. The molecule has 0 amide bonds. The third-order valence-corrected chi connectivity index (χ3v) is 3.48. The predicted molar refractivity (Wildman–Crippen MR) is 85.2 cm³/mol. The molecule has 1 rings (SSSR count). The lowest BCUT2D eigenvalue weighted by atomic mass is 9.95. The second kappa shape index (κ2) is 8.76. The van der Waals surface area contributed by atoms with Gasteiger partial charge >= 0.3 is 11.9 Å². The Bertz CT molecular complexity index is 663. The summed E-state index contributed by atoms with van der Waals surface area (Å²) in [4.78, 5) is 15.8. The molecule has 0 saturated carbocycles. The Morgan fingerprint density at radius 3 is 2.42 bits per heavy atom. The number of ether oxygens (including phenoxy) is 3. The van der Waals surface area contributed by atoms with Crippen LogP contribution in [0, 0.1) is 5.41 Å². The zero-order chi connectivity index (χ0) is 20.1. The number of esters is 1. The molecular weight excluding hydrogens is 427 g/mol. The fourth-order valence-electron chi connectivity index (χ4n) is 1.97. The number of rotatable bonds is 5. The Labute approximate surface area is 159 Å². The van der Waals surface area contributed by atoms with Crippen LogP contribution in [-0.2, 0) is 19.0 Å². The van der Waals surface area contributed by atoms with Crippen LogP contribution < -0.4 is 0 Å². The van der Waals surface area contributed by atoms with Gasteiger partial charge in [0.05, 0.1) is 6.54 Å². The average Bonchev–Trinajstić information content (AvgIpc) is 2.51. The van der Waals surface area contributed by atoms with Gasteiger partial charge in [-0.05, 0) is 11.1 Å². The number of hydrogen-bond acceptors (Lipinski definition) is 7. The van der Waals surface area contributed by atoms with Crippen molar-refractivity contribution in [2.45, 2.75) is 41.2 Å². The Morgan fingerprint density at radius 1 is 1.35 bits per heavy atom. The van der Waals surface area contributed by atoms with Crippen molar-refractivity contribution in [1.82, 2.24) is 0 Å². The quantitative estimate of drug-likeness (QED) is 0.132. The Kier molecular flexibility index (Phi) is 7.51. The smallest absolute Gasteiger partial charge is 0.303 e. The van der Waals surface area contributed by atoms with Crippen molar-refractivity contribution in [3.8, 4) is 0 Å². The first kappa shape index (κ1) is 22.3. The average molecular weight is 437 g/mol. The lowest BCUT2D eigenvalue weighted by molar-refractivity contribution is -0.289. The van der Waals surface area contributed by atoms with E-state index in [1.165, 1.54) is 0 Å². The molecule has 0 spiro atoms. The van der Waals surface area contributed by atoms with Crippen molar-refractivity contribution in [3.63, 3.8) is 0 Å². The van der Waals surface area contributed by atoms with E-state index in [1.807, 2.05) is 0 Å². The molecule has 1 aliphatic heterocycles. The van der Waals surface area contributed by atoms with Crippen LogP contribution in [0.3, 0.4) is 0 Å². The van der Waals surface area contributed by atoms with Gasteiger partial charge in [0, 0.05) is 16.7 Å². The van der Waals surface area contributed by atoms with Gasteiger partial charge in [-0.2, -0.15) is 0 Å². The molecule has 1 saturated heterocycles. The Morgan fingerprint density at radius 2 is 1.96 bits per heavy atom. The van der Waals surface area contributed by atoms with Crippen molar-refractivity contribution >= 4 is 46.7 Å². The molecule has 0 bridgehead atoms. The summed E-state index contributed by atoms with van der Waals surface area (Å²) in [6.07, 6.45) is -6.04. The summed E-state index contributed by atoms with van der Waals surface area (Å²) in [6, 6.07) is -2.38. The molecule has 144 valence electrons. The standard InChI is InChI=1S/C10H10Cl3F2N7O4/c1-3(23)24-6-4(2-19-21-17)25-7(26-8(16)10(11,12)13)5(20-22-18)9(6,14)15/h4-7,16H,2H2,1H3/t4-,5?,6-,7+/m1/s1. The molecule has 1 heterocycles. The van der Waals surface area contributed by atoms with E-state index in [9.17, 15) is 13.6 Å². The van der Waals surface area contributed by atoms with E-state index in [0.29, 0.717) is 0 Å². The third-order valence-electron chi connectivity index (χ3n) is 2.96. The van der Waals surface area contributed by atoms with Gasteiger partial charge in [0.2, 0.25) is 12.2 Å². The summed E-state index contributed by atoms with van der Waals surface area (Å²) < 4.78 is 41.5. The summed E-state index contributed by atoms with van der Waals surface area (Å²) in [5.41, 5.74) is 16.9. The summed E-state index contributed by atoms with van der Waals surface area (Å²) in [5.74, 6) is -6.20. The number of carbonyl (C=O) groups excluding carboxylic acids is 1. The lowest BCUT2D eigenvalue weighted by Gasteiger charge is -2.43. The van der Waals surface area contributed by atoms with Crippen LogP contribution in [-0.4, -0.2) is 52.7 Å². The molecule has 11 nitrogen and oxygen atoms in total. The maximum Gasteiger partial charge on any atom is 0.303 e. The first-order chi connectivity index (χ1) is 11.9. The minimum absolute atomic E-state index is 0.687. The molecule has 1 unspecified atom stereocenters. The number of nitrogens with zero attached hydrogens (tertiary/aromatic N) is 6. The van der Waals surface area contributed by atoms with Crippen molar-refractivity contribution in [1.29, 1.82) is 5.41 Å². The van der Waals surface area contributed by atoms with Crippen LogP contribution in [0.1, 0.15) is 6.92 Å². The van der Waals surface area contributed by atoms with Gasteiger partial charge in [-0.1, -0.05) is 45.0 Å². The second-order valence-electron chi connectivity index (χ2n) is 4.76. The van der Waals surface area contributed by atoms with Gasteiger partial charge in [-0.3, -0.25) is 10.2 Å². The molecule has 1 fully saturated rings. The van der Waals surface area contributed by atoms with Crippen LogP contribution in [0.2, 0.25) is 0 Å². The number of azide groups is 2. The summed E-state index contributed by atoms with van der Waals surface area (Å²) in [7, 11) is 0. The Balaban J connectivity index is 3.29. The summed E-state index contributed by atoms with van der Waals surface area (Å²) >= 11 is 16.2. The number of hydrogen-bond donors (Lipinski definition) is 1. The minimum atomic E-state index is -4.02. The topological polar surface area (TPSA) is 166 Å². The molecular formula is C10H10Cl3F2N7O4. The van der Waals surface area contributed by atoms with Crippen LogP contribution in [0.25, 0.3) is 20.9 Å². The number of nitrogens with one attached hydrogen (secondary N) is 1. The van der Waals surface area contributed by atoms with E-state index >= 15 is 0 Å². The molecule has 1 aliphatic rings. The SMILES string of the molecule is CC(=O)O[C@@H]1[C@@H](CN=[N+]=[N-])O[C@@H](OC(=N)C(Cl)(Cl)Cl)C(N=[N+]=[N-])C1(F)F. The van der Waals surface area contributed by atoms with Crippen LogP contribution in [0.15, 0.2) is 10.2 Å². The minimum Gasteiger partial charge on any atom is -0.453 e. The van der Waals surface area contributed by atoms with E-state index in [0.717, 1.165) is 6.92 Å². The molecule has 0 radical (unpaired) electrons. The largest absolute Gasteiger partial charge is 0.453 e. The monoisotopic (exact) mass is 435 g/mol. The molecule has 16 heteroatoms. The van der Waals surface area contributed by atoms with Gasteiger partial charge in [0.25, 0.3) is 3.79 Å². The zero-order valence-corrected chi connectivity index (χ0v) is 15.0. The highest BCUT2D eigenvalue weighted by Crippen LogP contribution is 2.40. The molecule has 4 atom stereocenters. The first-order valence-electron chi connectivity index (χ1n) is 6.53. The number of halogens is 5. The van der Waals surface area contributed by atoms with Crippen molar-refractivity contribution in [3.05, 3.63) is 20.9 Å². The maximum atomic E-state index is 14.7. The maximum absolute atomic E-state index is 14.7. The molecule has 0 aliphatic carbocycles. The van der Waals surface area contributed by atoms with E-state index in [1.54, 1.807) is 0 Å². The van der Waals surface area contributed by atoms with Crippen molar-refractivity contribution < 1.29 is 27.8 Å². The molecule has 1 N–H and O–H groups in total. The van der Waals surface area contributed by atoms with E-state index < -0.39 is 52.7 Å². The zero-order valence-electron chi connectivity index (χ0n) is 12.7. The van der Waals surface area contributed by atoms with Gasteiger partial charge in [0.1, 0.15) is 6.10 Å². The normalized spacial score (nSPS) is 27.5. The van der Waals surface area contributed by atoms with Crippen molar-refractivity contribution in [2.24, 2.45) is 10.2 Å². The van der Waals surface area contributed by atoms with E-state index in [4.69, 9.17) is 60.7 Å². The molecule has 0 aromatic heterocycles. The van der Waals surface area contributed by atoms with Gasteiger partial charge in [0.15, 0.2) is 12.1 Å². The summed E-state index contributed by atoms with van der Waals surface area (Å²) in [6.45, 7) is 0.179. The van der Waals surface area contributed by atoms with Gasteiger partial charge in [-0.25, -0.2) is 8.78 Å². The predicted octanol–water partition coefficient (Wildman–Crippen LogP) is 3.63. The van der Waals surface area contributed by atoms with Gasteiger partial charge in [-0.15, -0.1) is 0 Å². The highest BCUT2D eigenvalue weighted by Gasteiger charge is 2.61. The lowest BCUT2D eigenvalue weighted by Crippen LogP contribution is -2.64. The molecule has 0 aromatic carbocycles. The van der Waals surface area contributed by atoms with Crippen LogP contribution in [0.5, 0.6) is 0 Å². The van der Waals surface area contributed by atoms with Crippen LogP contribution in [0.4, 0.5) is 8.78 Å². The Hall–Kier alpha value is -1.75. The second-order valence-corrected chi connectivity index (χ2v) is 7.04. The van der Waals surface area contributed by atoms with E-state index in [-0.39, 0.29) is 0 Å². The van der Waals surface area contributed by atoms with Crippen molar-refractivity contribution in [2.75, 3.05) is 6.54 Å². The number of carbonyl (C=O) groups is 1. The molecule has 0 aromatic rings. The van der Waals surface area contributed by atoms with E-state index in [2.05, 4.69) is 24.8 Å². The first-order valence-corrected chi connectivity index (χ1v) is 7.66. The van der Waals surface area contributed by atoms with Crippen LogP contribution >= 0.6 is 34.8 Å². The molecule has 26 heavy (non-hydrogen) atoms. The fourth-order valence-corrected chi connectivity index (χ4v) is 2.10. The summed E-state index contributed by atoms with van der Waals surface area (Å²) in [5, 5.41) is 13.4. The highest BCUT2D eigenvalue weighted by atomic mass is 35.6. The third kappa shape index (κ3) is 5.37. The number of alkyl halides is 5.